The molecular weight excluding hydrogens is 375 g/mol. The van der Waals surface area contributed by atoms with Gasteiger partial charge in [0.1, 0.15) is 0 Å². The van der Waals surface area contributed by atoms with E-state index in [1.54, 1.807) is 22.8 Å². The fourth-order valence-corrected chi connectivity index (χ4v) is 4.34. The van der Waals surface area contributed by atoms with Gasteiger partial charge in [0.15, 0.2) is 5.16 Å². The molecule has 0 unspecified atom stereocenters. The molecule has 3 rings (SSSR count). The molecule has 0 saturated carbocycles. The second-order valence-corrected chi connectivity index (χ2v) is 7.95. The Morgan fingerprint density at radius 3 is 2.68 bits per heavy atom. The molecule has 3 aromatic rings. The molecule has 0 amide bonds. The summed E-state index contributed by atoms with van der Waals surface area (Å²) in [6.45, 7) is 4.74. The zero-order valence-corrected chi connectivity index (χ0v) is 16.3. The highest BCUT2D eigenvalue weighted by atomic mass is 35.5. The number of nitrogens with zero attached hydrogens (tertiary/aromatic N) is 2. The van der Waals surface area contributed by atoms with Gasteiger partial charge in [-0.05, 0) is 43.2 Å². The normalized spacial score (nSPS) is 12.5. The van der Waals surface area contributed by atoms with Crippen LogP contribution < -0.4 is 5.56 Å². The highest BCUT2D eigenvalue weighted by Gasteiger charge is 2.17. The number of hydrogen-bond donors (Lipinski definition) is 0. The molecule has 3 nitrogen and oxygen atoms in total. The second kappa shape index (κ2) is 7.81. The average molecular weight is 393 g/mol. The smallest absolute Gasteiger partial charge is 0.262 e. The van der Waals surface area contributed by atoms with Gasteiger partial charge in [-0.25, -0.2) is 4.98 Å². The third-order valence-corrected chi connectivity index (χ3v) is 5.66. The summed E-state index contributed by atoms with van der Waals surface area (Å²) in [7, 11) is 0. The van der Waals surface area contributed by atoms with Crippen molar-refractivity contribution in [2.24, 2.45) is 0 Å². The van der Waals surface area contributed by atoms with Crippen molar-refractivity contribution in [2.75, 3.05) is 0 Å². The molecule has 0 N–H and O–H groups in total. The number of aromatic nitrogens is 2. The molecule has 0 spiro atoms. The zero-order chi connectivity index (χ0) is 18.0. The van der Waals surface area contributed by atoms with Crippen molar-refractivity contribution in [2.45, 2.75) is 37.2 Å². The maximum Gasteiger partial charge on any atom is 0.262 e. The molecule has 1 atom stereocenters. The van der Waals surface area contributed by atoms with Crippen molar-refractivity contribution < 1.29 is 0 Å². The first-order chi connectivity index (χ1) is 12.0. The molecule has 1 heterocycles. The molecule has 0 fully saturated rings. The van der Waals surface area contributed by atoms with Crippen molar-refractivity contribution in [1.82, 2.24) is 9.55 Å². The van der Waals surface area contributed by atoms with Crippen molar-refractivity contribution >= 4 is 45.9 Å². The molecule has 0 aliphatic carbocycles. The molecule has 2 aromatic carbocycles. The van der Waals surface area contributed by atoms with Gasteiger partial charge in [-0.3, -0.25) is 9.36 Å². The summed E-state index contributed by atoms with van der Waals surface area (Å²) in [5, 5.41) is 2.64. The molecule has 6 heteroatoms. The Labute approximate surface area is 161 Å². The van der Waals surface area contributed by atoms with Crippen LogP contribution in [0.2, 0.25) is 10.0 Å². The minimum Gasteiger partial charge on any atom is -0.287 e. The fourth-order valence-electron chi connectivity index (χ4n) is 2.71. The van der Waals surface area contributed by atoms with E-state index in [9.17, 15) is 4.79 Å². The number of halogens is 2. The summed E-state index contributed by atoms with van der Waals surface area (Å²) >= 11 is 13.9. The van der Waals surface area contributed by atoms with Crippen LogP contribution in [0.25, 0.3) is 10.9 Å². The zero-order valence-electron chi connectivity index (χ0n) is 14.0. The predicted octanol–water partition coefficient (Wildman–Crippen LogP) is 5.97. The van der Waals surface area contributed by atoms with Gasteiger partial charge in [-0.2, -0.15) is 0 Å². The van der Waals surface area contributed by atoms with Gasteiger partial charge in [0.2, 0.25) is 0 Å². The predicted molar refractivity (Wildman–Crippen MR) is 107 cm³/mol. The van der Waals surface area contributed by atoms with Gasteiger partial charge in [0.05, 0.1) is 10.9 Å². The molecular formula is C19H18Cl2N2OS. The maximum atomic E-state index is 12.9. The fraction of sp³-hybridized carbons (Fsp3) is 0.263. The van der Waals surface area contributed by atoms with E-state index in [2.05, 4.69) is 6.92 Å². The Morgan fingerprint density at radius 1 is 1.20 bits per heavy atom. The molecule has 25 heavy (non-hydrogen) atoms. The van der Waals surface area contributed by atoms with E-state index < -0.39 is 0 Å². The highest BCUT2D eigenvalue weighted by molar-refractivity contribution is 7.99. The Hall–Kier alpha value is -1.49. The molecule has 1 aromatic heterocycles. The summed E-state index contributed by atoms with van der Waals surface area (Å²) in [6, 6.07) is 12.9. The van der Waals surface area contributed by atoms with Crippen LogP contribution in [-0.4, -0.2) is 9.55 Å². The largest absolute Gasteiger partial charge is 0.287 e. The van der Waals surface area contributed by atoms with Gasteiger partial charge in [-0.15, -0.1) is 0 Å². The van der Waals surface area contributed by atoms with Crippen LogP contribution in [0.1, 0.15) is 31.1 Å². The number of hydrogen-bond acceptors (Lipinski definition) is 3. The van der Waals surface area contributed by atoms with Crippen LogP contribution in [0.15, 0.2) is 52.4 Å². The van der Waals surface area contributed by atoms with E-state index in [0.717, 1.165) is 17.0 Å². The van der Waals surface area contributed by atoms with E-state index in [-0.39, 0.29) is 10.8 Å². The van der Waals surface area contributed by atoms with E-state index in [1.165, 1.54) is 11.8 Å². The van der Waals surface area contributed by atoms with Crippen molar-refractivity contribution in [3.63, 3.8) is 0 Å². The van der Waals surface area contributed by atoms with Crippen LogP contribution in [0, 0.1) is 0 Å². The molecule has 0 bridgehead atoms. The van der Waals surface area contributed by atoms with Crippen LogP contribution in [0.3, 0.4) is 0 Å². The summed E-state index contributed by atoms with van der Waals surface area (Å²) in [5.41, 5.74) is 1.62. The second-order valence-electron chi connectivity index (χ2n) is 5.79. The quantitative estimate of drug-likeness (QED) is 0.396. The average Bonchev–Trinajstić information content (AvgIpc) is 2.58. The van der Waals surface area contributed by atoms with Gasteiger partial charge < -0.3 is 0 Å². The minimum absolute atomic E-state index is 0.0302. The van der Waals surface area contributed by atoms with Crippen molar-refractivity contribution in [1.29, 1.82) is 0 Å². The van der Waals surface area contributed by atoms with E-state index >= 15 is 0 Å². The van der Waals surface area contributed by atoms with Gasteiger partial charge in [-0.1, -0.05) is 60.1 Å². The van der Waals surface area contributed by atoms with E-state index in [0.29, 0.717) is 27.6 Å². The number of benzene rings is 2. The first kappa shape index (κ1) is 18.3. The standard InChI is InChI=1S/C19H18Cl2N2OS/c1-3-10-23-18(24)15-9-8-13(20)11-17(15)22-19(23)25-12(2)14-6-4-5-7-16(14)21/h4-9,11-12H,3,10H2,1-2H3/t12-/m0/s1. The summed E-state index contributed by atoms with van der Waals surface area (Å²) in [6.07, 6.45) is 0.856. The first-order valence-corrected chi connectivity index (χ1v) is 9.76. The lowest BCUT2D eigenvalue weighted by atomic mass is 10.2. The lowest BCUT2D eigenvalue weighted by Gasteiger charge is -2.17. The minimum atomic E-state index is -0.0302. The first-order valence-electron chi connectivity index (χ1n) is 8.12. The SMILES string of the molecule is CCCn1c(S[C@@H](C)c2ccccc2Cl)nc2cc(Cl)ccc2c1=O. The monoisotopic (exact) mass is 392 g/mol. The van der Waals surface area contributed by atoms with E-state index in [1.807, 2.05) is 31.2 Å². The van der Waals surface area contributed by atoms with Crippen LogP contribution in [-0.2, 0) is 6.54 Å². The Balaban J connectivity index is 2.09. The maximum absolute atomic E-state index is 12.9. The van der Waals surface area contributed by atoms with Crippen LogP contribution in [0.4, 0.5) is 0 Å². The van der Waals surface area contributed by atoms with Gasteiger partial charge in [0, 0.05) is 21.8 Å². The van der Waals surface area contributed by atoms with Gasteiger partial charge in [0.25, 0.3) is 5.56 Å². The third kappa shape index (κ3) is 3.86. The molecule has 0 aliphatic rings. The Morgan fingerprint density at radius 2 is 1.96 bits per heavy atom. The lowest BCUT2D eigenvalue weighted by Crippen LogP contribution is -2.23. The Bertz CT molecular complexity index is 971. The lowest BCUT2D eigenvalue weighted by molar-refractivity contribution is 0.584. The van der Waals surface area contributed by atoms with E-state index in [4.69, 9.17) is 28.2 Å². The van der Waals surface area contributed by atoms with Crippen molar-refractivity contribution in [3.05, 3.63) is 68.4 Å². The van der Waals surface area contributed by atoms with Crippen molar-refractivity contribution in [3.8, 4) is 0 Å². The highest BCUT2D eigenvalue weighted by Crippen LogP contribution is 2.37. The summed E-state index contributed by atoms with van der Waals surface area (Å²) in [4.78, 5) is 17.6. The Kier molecular flexibility index (Phi) is 5.72. The van der Waals surface area contributed by atoms with Crippen LogP contribution >= 0.6 is 35.0 Å². The summed E-state index contributed by atoms with van der Waals surface area (Å²) in [5.74, 6) is 0. The number of rotatable bonds is 5. The molecule has 0 radical (unpaired) electrons. The summed E-state index contributed by atoms with van der Waals surface area (Å²) < 4.78 is 1.74. The third-order valence-electron chi connectivity index (χ3n) is 3.95. The number of fused-ring (bicyclic) bond motifs is 1. The molecule has 130 valence electrons. The molecule has 0 saturated heterocycles. The topological polar surface area (TPSA) is 34.9 Å². The van der Waals surface area contributed by atoms with Gasteiger partial charge >= 0.3 is 0 Å². The van der Waals surface area contributed by atoms with Crippen LogP contribution in [0.5, 0.6) is 0 Å². The number of thioether (sulfide) groups is 1. The molecule has 0 aliphatic heterocycles.